The van der Waals surface area contributed by atoms with Gasteiger partial charge in [0.2, 0.25) is 0 Å². The van der Waals surface area contributed by atoms with Crippen LogP contribution in [0.1, 0.15) is 0 Å². The summed E-state index contributed by atoms with van der Waals surface area (Å²) in [6, 6.07) is 11.9. The maximum Gasteiger partial charge on any atom is 0.153 e. The predicted molar refractivity (Wildman–Crippen MR) is 86.5 cm³/mol. The summed E-state index contributed by atoms with van der Waals surface area (Å²) in [5, 5.41) is 7.34. The van der Waals surface area contributed by atoms with Crippen LogP contribution in [0.4, 0.5) is 10.2 Å². The van der Waals surface area contributed by atoms with Crippen LogP contribution < -0.4 is 5.73 Å². The van der Waals surface area contributed by atoms with Crippen LogP contribution in [0.15, 0.2) is 46.9 Å². The average molecular weight is 367 g/mol. The van der Waals surface area contributed by atoms with Gasteiger partial charge in [0.15, 0.2) is 5.82 Å². The van der Waals surface area contributed by atoms with Gasteiger partial charge in [-0.1, -0.05) is 51.8 Å². The van der Waals surface area contributed by atoms with E-state index in [0.717, 1.165) is 4.47 Å². The van der Waals surface area contributed by atoms with Gasteiger partial charge < -0.3 is 5.73 Å². The first-order valence-electron chi connectivity index (χ1n) is 6.12. The van der Waals surface area contributed by atoms with E-state index in [4.69, 9.17) is 17.3 Å². The van der Waals surface area contributed by atoms with Gasteiger partial charge in [0.25, 0.3) is 0 Å². The van der Waals surface area contributed by atoms with Crippen molar-refractivity contribution in [1.82, 2.24) is 10.2 Å². The zero-order chi connectivity index (χ0) is 15.0. The van der Waals surface area contributed by atoms with Gasteiger partial charge in [-0.05, 0) is 18.2 Å². The van der Waals surface area contributed by atoms with Crippen LogP contribution in [0.2, 0.25) is 5.02 Å². The molecule has 106 valence electrons. The fourth-order valence-electron chi connectivity index (χ4n) is 2.18. The molecule has 0 saturated carbocycles. The minimum absolute atomic E-state index is 0.231. The molecule has 1 aromatic heterocycles. The van der Waals surface area contributed by atoms with Gasteiger partial charge in [-0.3, -0.25) is 5.10 Å². The van der Waals surface area contributed by atoms with E-state index in [0.29, 0.717) is 27.4 Å². The number of benzene rings is 2. The molecule has 0 fully saturated rings. The lowest BCUT2D eigenvalue weighted by molar-refractivity contribution is 0.631. The summed E-state index contributed by atoms with van der Waals surface area (Å²) < 4.78 is 14.9. The molecule has 0 unspecified atom stereocenters. The molecule has 6 heteroatoms. The third-order valence-electron chi connectivity index (χ3n) is 3.14. The molecule has 0 radical (unpaired) electrons. The van der Waals surface area contributed by atoms with Crippen molar-refractivity contribution in [1.29, 1.82) is 0 Å². The fourth-order valence-corrected chi connectivity index (χ4v) is 2.95. The van der Waals surface area contributed by atoms with Crippen LogP contribution in [-0.2, 0) is 0 Å². The molecule has 21 heavy (non-hydrogen) atoms. The van der Waals surface area contributed by atoms with Crippen molar-refractivity contribution in [2.75, 3.05) is 5.73 Å². The van der Waals surface area contributed by atoms with E-state index in [1.165, 1.54) is 6.07 Å². The Labute approximate surface area is 134 Å². The lowest BCUT2D eigenvalue weighted by Gasteiger charge is -2.08. The first kappa shape index (κ1) is 14.1. The second-order valence-corrected chi connectivity index (χ2v) is 5.79. The number of hydrogen-bond acceptors (Lipinski definition) is 2. The van der Waals surface area contributed by atoms with Crippen LogP contribution in [0.25, 0.3) is 22.4 Å². The molecular formula is C15H10BrClFN3. The molecule has 0 aliphatic rings. The number of aromatic nitrogens is 2. The molecule has 3 nitrogen and oxygen atoms in total. The molecule has 0 aliphatic heterocycles. The normalized spacial score (nSPS) is 10.8. The Morgan fingerprint density at radius 3 is 2.62 bits per heavy atom. The summed E-state index contributed by atoms with van der Waals surface area (Å²) in [4.78, 5) is 0. The minimum Gasteiger partial charge on any atom is -0.382 e. The third-order valence-corrected chi connectivity index (χ3v) is 3.94. The largest absolute Gasteiger partial charge is 0.382 e. The van der Waals surface area contributed by atoms with Crippen LogP contribution >= 0.6 is 27.5 Å². The number of aromatic amines is 1. The number of halogens is 3. The van der Waals surface area contributed by atoms with Gasteiger partial charge in [-0.25, -0.2) is 4.39 Å². The number of anilines is 1. The van der Waals surface area contributed by atoms with Crippen LogP contribution in [0, 0.1) is 5.82 Å². The summed E-state index contributed by atoms with van der Waals surface area (Å²) in [7, 11) is 0. The number of nitrogens with two attached hydrogens (primary N) is 1. The summed E-state index contributed by atoms with van der Waals surface area (Å²) >= 11 is 9.61. The van der Waals surface area contributed by atoms with Crippen molar-refractivity contribution < 1.29 is 4.39 Å². The van der Waals surface area contributed by atoms with E-state index in [2.05, 4.69) is 26.1 Å². The van der Waals surface area contributed by atoms with E-state index in [-0.39, 0.29) is 11.6 Å². The maximum atomic E-state index is 14.1. The maximum absolute atomic E-state index is 14.1. The highest BCUT2D eigenvalue weighted by Gasteiger charge is 2.19. The highest BCUT2D eigenvalue weighted by atomic mass is 79.9. The van der Waals surface area contributed by atoms with Gasteiger partial charge in [0.1, 0.15) is 5.82 Å². The Balaban J connectivity index is 2.25. The van der Waals surface area contributed by atoms with Crippen LogP contribution in [0.5, 0.6) is 0 Å². The van der Waals surface area contributed by atoms with Gasteiger partial charge >= 0.3 is 0 Å². The molecule has 0 aliphatic carbocycles. The average Bonchev–Trinajstić information content (AvgIpc) is 2.81. The minimum atomic E-state index is -0.361. The molecule has 0 atom stereocenters. The summed E-state index contributed by atoms with van der Waals surface area (Å²) in [5.74, 6) is -0.130. The van der Waals surface area contributed by atoms with Crippen molar-refractivity contribution in [3.8, 4) is 22.4 Å². The molecule has 0 amide bonds. The zero-order valence-electron chi connectivity index (χ0n) is 10.7. The van der Waals surface area contributed by atoms with Crippen LogP contribution in [0.3, 0.4) is 0 Å². The van der Waals surface area contributed by atoms with E-state index in [9.17, 15) is 4.39 Å². The number of H-pyrrole nitrogens is 1. The Morgan fingerprint density at radius 2 is 1.90 bits per heavy atom. The molecule has 0 spiro atoms. The second-order valence-electron chi connectivity index (χ2n) is 4.46. The van der Waals surface area contributed by atoms with Crippen molar-refractivity contribution in [2.45, 2.75) is 0 Å². The van der Waals surface area contributed by atoms with Crippen molar-refractivity contribution in [3.05, 3.63) is 57.8 Å². The number of rotatable bonds is 2. The number of nitrogens with zero attached hydrogens (tertiary/aromatic N) is 1. The number of hydrogen-bond donors (Lipinski definition) is 2. The van der Waals surface area contributed by atoms with Crippen molar-refractivity contribution in [3.63, 3.8) is 0 Å². The second kappa shape index (κ2) is 5.50. The summed E-state index contributed by atoms with van der Waals surface area (Å²) in [5.41, 5.74) is 8.10. The van der Waals surface area contributed by atoms with Crippen molar-refractivity contribution >= 4 is 33.3 Å². The zero-order valence-corrected chi connectivity index (χ0v) is 13.0. The fraction of sp³-hybridized carbons (Fsp3) is 0. The molecule has 3 rings (SSSR count). The number of nitrogen functional groups attached to an aromatic ring is 1. The summed E-state index contributed by atoms with van der Waals surface area (Å²) in [6.07, 6.45) is 0. The Morgan fingerprint density at radius 1 is 1.14 bits per heavy atom. The number of nitrogens with one attached hydrogen (secondary N) is 1. The SMILES string of the molecule is Nc1n[nH]c(-c2ccc(Br)cc2Cl)c1-c1ccccc1F. The molecule has 2 aromatic carbocycles. The molecular weight excluding hydrogens is 357 g/mol. The lowest BCUT2D eigenvalue weighted by Crippen LogP contribution is -1.91. The lowest BCUT2D eigenvalue weighted by atomic mass is 10.0. The molecule has 0 bridgehead atoms. The van der Waals surface area contributed by atoms with E-state index < -0.39 is 0 Å². The first-order valence-corrected chi connectivity index (χ1v) is 7.29. The monoisotopic (exact) mass is 365 g/mol. The van der Waals surface area contributed by atoms with Gasteiger partial charge in [0.05, 0.1) is 16.3 Å². The van der Waals surface area contributed by atoms with E-state index >= 15 is 0 Å². The topological polar surface area (TPSA) is 54.7 Å². The predicted octanol–water partition coefficient (Wildman–Crippen LogP) is 4.88. The Hall–Kier alpha value is -1.85. The molecule has 1 heterocycles. The van der Waals surface area contributed by atoms with Crippen molar-refractivity contribution in [2.24, 2.45) is 0 Å². The Bertz CT molecular complexity index is 816. The molecule has 3 N–H and O–H groups in total. The highest BCUT2D eigenvalue weighted by Crippen LogP contribution is 2.39. The van der Waals surface area contributed by atoms with E-state index in [1.54, 1.807) is 24.3 Å². The first-order chi connectivity index (χ1) is 10.1. The van der Waals surface area contributed by atoms with Gasteiger partial charge in [-0.15, -0.1) is 0 Å². The highest BCUT2D eigenvalue weighted by molar-refractivity contribution is 9.10. The molecule has 3 aromatic rings. The Kier molecular flexibility index (Phi) is 3.69. The summed E-state index contributed by atoms with van der Waals surface area (Å²) in [6.45, 7) is 0. The molecule has 0 saturated heterocycles. The van der Waals surface area contributed by atoms with Gasteiger partial charge in [0, 0.05) is 15.6 Å². The standard InChI is InChI=1S/C15H10BrClFN3/c16-8-5-6-9(11(17)7-8)14-13(15(19)21-20-14)10-3-1-2-4-12(10)18/h1-7H,(H3,19,20,21). The third kappa shape index (κ3) is 2.54. The van der Waals surface area contributed by atoms with Gasteiger partial charge in [-0.2, -0.15) is 5.10 Å². The smallest absolute Gasteiger partial charge is 0.153 e. The van der Waals surface area contributed by atoms with Crippen LogP contribution in [-0.4, -0.2) is 10.2 Å². The van der Waals surface area contributed by atoms with E-state index in [1.807, 2.05) is 12.1 Å². The quantitative estimate of drug-likeness (QED) is 0.679.